The van der Waals surface area contributed by atoms with Gasteiger partial charge in [-0.25, -0.2) is 0 Å². The van der Waals surface area contributed by atoms with Crippen molar-refractivity contribution in [2.75, 3.05) is 45.7 Å². The van der Waals surface area contributed by atoms with Gasteiger partial charge in [0.05, 0.1) is 30.4 Å². The third kappa shape index (κ3) is 8.68. The Morgan fingerprint density at radius 3 is 2.53 bits per heavy atom. The lowest BCUT2D eigenvalue weighted by Crippen LogP contribution is -2.47. The molecule has 8 heteroatoms. The molecule has 0 radical (unpaired) electrons. The Labute approximate surface area is 229 Å². The van der Waals surface area contributed by atoms with E-state index in [1.54, 1.807) is 17.0 Å². The number of aliphatic hydroxyl groups excluding tert-OH is 1. The summed E-state index contributed by atoms with van der Waals surface area (Å²) in [7, 11) is 4.05. The summed E-state index contributed by atoms with van der Waals surface area (Å²) in [4.78, 5) is 30.9. The van der Waals surface area contributed by atoms with Crippen molar-refractivity contribution in [2.24, 2.45) is 11.8 Å². The highest BCUT2D eigenvalue weighted by Crippen LogP contribution is 2.30. The molecule has 0 aromatic heterocycles. The molecule has 2 amide bonds. The number of fused-ring (bicyclic) bond motifs is 1. The first-order chi connectivity index (χ1) is 18.2. The van der Waals surface area contributed by atoms with Crippen LogP contribution in [0.25, 0.3) is 0 Å². The predicted molar refractivity (Wildman–Crippen MR) is 151 cm³/mol. The number of ether oxygens (including phenoxy) is 2. The van der Waals surface area contributed by atoms with Crippen molar-refractivity contribution < 1.29 is 24.2 Å². The van der Waals surface area contributed by atoms with Crippen molar-refractivity contribution in [1.82, 2.24) is 9.80 Å². The van der Waals surface area contributed by atoms with E-state index >= 15 is 0 Å². The van der Waals surface area contributed by atoms with E-state index in [0.29, 0.717) is 30.2 Å². The lowest BCUT2D eigenvalue weighted by Gasteiger charge is -2.35. The highest BCUT2D eigenvalue weighted by atomic mass is 16.5. The average Bonchev–Trinajstić information content (AvgIpc) is 2.90. The Morgan fingerprint density at radius 2 is 1.84 bits per heavy atom. The zero-order valence-electron chi connectivity index (χ0n) is 24.1. The lowest BCUT2D eigenvalue weighted by atomic mass is 9.88. The van der Waals surface area contributed by atoms with Crippen LogP contribution < -0.4 is 10.1 Å². The number of amides is 2. The number of hydrogen-bond donors (Lipinski definition) is 2. The van der Waals surface area contributed by atoms with E-state index in [9.17, 15) is 14.7 Å². The maximum atomic E-state index is 14.1. The van der Waals surface area contributed by atoms with Gasteiger partial charge in [0.2, 0.25) is 5.91 Å². The average molecular weight is 532 g/mol. The third-order valence-electron chi connectivity index (χ3n) is 7.84. The standard InChI is InChI=1S/C30H49N3O5/c1-21-18-33(22(2)20-34)30(36)26-17-25(31-29(35)24-12-7-6-8-13-24)14-15-27(26)38-23(3)11-9-10-16-37-28(21)19-32(4)5/h14-15,17,21-24,28,34H,6-13,16,18-20H2,1-5H3,(H,31,35)/t21-,22-,23-,28+/m1/s1. The smallest absolute Gasteiger partial charge is 0.258 e. The van der Waals surface area contributed by atoms with E-state index in [0.717, 1.165) is 51.5 Å². The number of aliphatic hydroxyl groups is 1. The van der Waals surface area contributed by atoms with E-state index in [1.165, 1.54) is 6.42 Å². The van der Waals surface area contributed by atoms with Crippen molar-refractivity contribution in [3.05, 3.63) is 23.8 Å². The van der Waals surface area contributed by atoms with Crippen molar-refractivity contribution >= 4 is 17.5 Å². The van der Waals surface area contributed by atoms with Crippen LogP contribution in [-0.2, 0) is 9.53 Å². The number of carbonyl (C=O) groups is 2. The summed E-state index contributed by atoms with van der Waals surface area (Å²) >= 11 is 0. The van der Waals surface area contributed by atoms with Crippen LogP contribution in [0.4, 0.5) is 5.69 Å². The molecule has 3 rings (SSSR count). The van der Waals surface area contributed by atoms with Crippen LogP contribution >= 0.6 is 0 Å². The Morgan fingerprint density at radius 1 is 1.13 bits per heavy atom. The quantitative estimate of drug-likeness (QED) is 0.559. The summed E-state index contributed by atoms with van der Waals surface area (Å²) in [5, 5.41) is 13.1. The van der Waals surface area contributed by atoms with Gasteiger partial charge in [0.15, 0.2) is 0 Å². The van der Waals surface area contributed by atoms with Gasteiger partial charge in [-0.15, -0.1) is 0 Å². The zero-order valence-corrected chi connectivity index (χ0v) is 24.1. The summed E-state index contributed by atoms with van der Waals surface area (Å²) in [6.07, 6.45) is 7.81. The van der Waals surface area contributed by atoms with Crippen molar-refractivity contribution in [2.45, 2.75) is 90.4 Å². The molecule has 1 heterocycles. The van der Waals surface area contributed by atoms with Gasteiger partial charge >= 0.3 is 0 Å². The molecule has 1 aliphatic carbocycles. The maximum Gasteiger partial charge on any atom is 0.258 e. The monoisotopic (exact) mass is 531 g/mol. The molecule has 1 fully saturated rings. The minimum absolute atomic E-state index is 0.0183. The van der Waals surface area contributed by atoms with E-state index in [2.05, 4.69) is 17.1 Å². The fraction of sp³-hybridized carbons (Fsp3) is 0.733. The van der Waals surface area contributed by atoms with E-state index in [1.807, 2.05) is 34.0 Å². The van der Waals surface area contributed by atoms with Gasteiger partial charge in [0, 0.05) is 37.2 Å². The molecule has 4 atom stereocenters. The summed E-state index contributed by atoms with van der Waals surface area (Å²) in [6, 6.07) is 4.98. The highest BCUT2D eigenvalue weighted by Gasteiger charge is 2.30. The Hall–Kier alpha value is -2.16. The number of rotatable bonds is 6. The van der Waals surface area contributed by atoms with Crippen LogP contribution in [0.15, 0.2) is 18.2 Å². The van der Waals surface area contributed by atoms with Gasteiger partial charge in [0.25, 0.3) is 5.91 Å². The molecule has 2 aliphatic rings. The molecule has 0 spiro atoms. The van der Waals surface area contributed by atoms with Gasteiger partial charge in [-0.05, 0) is 78.2 Å². The van der Waals surface area contributed by atoms with Crippen molar-refractivity contribution in [3.63, 3.8) is 0 Å². The summed E-state index contributed by atoms with van der Waals surface area (Å²) < 4.78 is 12.6. The molecule has 0 saturated heterocycles. The largest absolute Gasteiger partial charge is 0.490 e. The molecule has 1 aliphatic heterocycles. The molecule has 1 aromatic carbocycles. The van der Waals surface area contributed by atoms with E-state index < -0.39 is 0 Å². The maximum absolute atomic E-state index is 14.1. The number of anilines is 1. The van der Waals surface area contributed by atoms with Gasteiger partial charge in [-0.1, -0.05) is 26.2 Å². The van der Waals surface area contributed by atoms with Crippen molar-refractivity contribution in [3.8, 4) is 5.75 Å². The molecule has 0 bridgehead atoms. The van der Waals surface area contributed by atoms with Gasteiger partial charge in [-0.3, -0.25) is 9.59 Å². The molecule has 1 aromatic rings. The second-order valence-corrected chi connectivity index (χ2v) is 11.6. The van der Waals surface area contributed by atoms with Crippen LogP contribution in [0.5, 0.6) is 5.75 Å². The SMILES string of the molecule is C[C@@H]1CCCCO[C@@H](CN(C)C)[C@H](C)CN([C@H](C)CO)C(=O)c2cc(NC(=O)C3CCCCC3)ccc2O1. The normalized spacial score (nSPS) is 25.3. The van der Waals surface area contributed by atoms with Crippen molar-refractivity contribution in [1.29, 1.82) is 0 Å². The van der Waals surface area contributed by atoms with Gasteiger partial charge in [-0.2, -0.15) is 0 Å². The van der Waals surface area contributed by atoms with Gasteiger partial charge in [0.1, 0.15) is 5.75 Å². The van der Waals surface area contributed by atoms with Crippen LogP contribution in [0.1, 0.15) is 82.5 Å². The number of benzene rings is 1. The van der Waals surface area contributed by atoms with Crippen LogP contribution in [0, 0.1) is 11.8 Å². The molecular formula is C30H49N3O5. The number of carbonyl (C=O) groups excluding carboxylic acids is 2. The molecule has 214 valence electrons. The third-order valence-corrected chi connectivity index (χ3v) is 7.84. The van der Waals surface area contributed by atoms with E-state index in [4.69, 9.17) is 9.47 Å². The zero-order chi connectivity index (χ0) is 27.7. The summed E-state index contributed by atoms with van der Waals surface area (Å²) in [6.45, 7) is 7.68. The summed E-state index contributed by atoms with van der Waals surface area (Å²) in [5.41, 5.74) is 1.01. The fourth-order valence-corrected chi connectivity index (χ4v) is 5.43. The van der Waals surface area contributed by atoms with Crippen LogP contribution in [0.2, 0.25) is 0 Å². The number of nitrogens with zero attached hydrogens (tertiary/aromatic N) is 2. The molecule has 2 N–H and O–H groups in total. The number of nitrogens with one attached hydrogen (secondary N) is 1. The Balaban J connectivity index is 1.94. The lowest BCUT2D eigenvalue weighted by molar-refractivity contribution is -0.120. The number of likely N-dealkylation sites (N-methyl/N-ethyl adjacent to an activating group) is 1. The molecular weight excluding hydrogens is 482 g/mol. The minimum Gasteiger partial charge on any atom is -0.490 e. The summed E-state index contributed by atoms with van der Waals surface area (Å²) in [5.74, 6) is 0.389. The molecule has 1 saturated carbocycles. The second kappa shape index (κ2) is 14.8. The molecule has 0 unspecified atom stereocenters. The van der Waals surface area contributed by atoms with E-state index in [-0.39, 0.29) is 48.5 Å². The van der Waals surface area contributed by atoms with Crippen LogP contribution in [0.3, 0.4) is 0 Å². The second-order valence-electron chi connectivity index (χ2n) is 11.6. The fourth-order valence-electron chi connectivity index (χ4n) is 5.43. The first-order valence-electron chi connectivity index (χ1n) is 14.5. The van der Waals surface area contributed by atoms with Crippen LogP contribution in [-0.4, -0.2) is 85.4 Å². The topological polar surface area (TPSA) is 91.3 Å². The van der Waals surface area contributed by atoms with Gasteiger partial charge < -0.3 is 29.7 Å². The molecule has 8 nitrogen and oxygen atoms in total. The minimum atomic E-state index is -0.386. The molecule has 38 heavy (non-hydrogen) atoms. The first-order valence-corrected chi connectivity index (χ1v) is 14.5. The Kier molecular flexibility index (Phi) is 11.9. The number of hydrogen-bond acceptors (Lipinski definition) is 6. The predicted octanol–water partition coefficient (Wildman–Crippen LogP) is 4.56. The highest BCUT2D eigenvalue weighted by molar-refractivity contribution is 6.00. The first kappa shape index (κ1) is 30.4. The Bertz CT molecular complexity index is 902.